The lowest BCUT2D eigenvalue weighted by Gasteiger charge is -2.34. The van der Waals surface area contributed by atoms with E-state index in [4.69, 9.17) is 9.47 Å². The van der Waals surface area contributed by atoms with Gasteiger partial charge in [0, 0.05) is 53.2 Å². The van der Waals surface area contributed by atoms with E-state index in [-0.39, 0.29) is 24.0 Å². The van der Waals surface area contributed by atoms with Gasteiger partial charge in [-0.3, -0.25) is 4.99 Å². The van der Waals surface area contributed by atoms with E-state index in [1.807, 2.05) is 37.4 Å². The summed E-state index contributed by atoms with van der Waals surface area (Å²) in [5.74, 6) is 2.00. The number of nitrogens with one attached hydrogen (secondary N) is 1. The first-order valence-corrected chi connectivity index (χ1v) is 9.41. The Morgan fingerprint density at radius 1 is 1.23 bits per heavy atom. The Morgan fingerprint density at radius 3 is 2.50 bits per heavy atom. The molecule has 0 radical (unpaired) electrons. The maximum atomic E-state index is 6.08. The van der Waals surface area contributed by atoms with Crippen LogP contribution < -0.4 is 10.1 Å². The number of piperidine rings is 1. The second kappa shape index (κ2) is 10.3. The summed E-state index contributed by atoms with van der Waals surface area (Å²) in [6.07, 6.45) is 6.10. The summed E-state index contributed by atoms with van der Waals surface area (Å²) in [5.41, 5.74) is 0.431. The molecule has 1 N–H and O–H groups in total. The van der Waals surface area contributed by atoms with E-state index in [1.165, 1.54) is 12.8 Å². The number of halogens is 1. The summed E-state index contributed by atoms with van der Waals surface area (Å²) in [6, 6.07) is 10.1. The van der Waals surface area contributed by atoms with Crippen LogP contribution in [-0.4, -0.2) is 57.4 Å². The lowest BCUT2D eigenvalue weighted by Crippen LogP contribution is -2.48. The minimum Gasteiger partial charge on any atom is -0.490 e. The van der Waals surface area contributed by atoms with Gasteiger partial charge >= 0.3 is 0 Å². The predicted molar refractivity (Wildman–Crippen MR) is 117 cm³/mol. The molecule has 1 aliphatic carbocycles. The van der Waals surface area contributed by atoms with Gasteiger partial charge in [0.05, 0.1) is 0 Å². The summed E-state index contributed by atoms with van der Waals surface area (Å²) in [6.45, 7) is 3.83. The van der Waals surface area contributed by atoms with E-state index in [1.54, 1.807) is 7.11 Å². The Hall–Kier alpha value is -1.02. The molecule has 1 saturated carbocycles. The number of likely N-dealkylation sites (tertiary alicyclic amines) is 1. The van der Waals surface area contributed by atoms with Crippen LogP contribution in [0.4, 0.5) is 0 Å². The molecule has 2 fully saturated rings. The Bertz CT molecular complexity index is 555. The summed E-state index contributed by atoms with van der Waals surface area (Å²) in [4.78, 5) is 6.85. The third-order valence-electron chi connectivity index (χ3n) is 5.41. The molecular weight excluding hydrogens is 441 g/mol. The van der Waals surface area contributed by atoms with Crippen molar-refractivity contribution in [2.75, 3.05) is 40.4 Å². The monoisotopic (exact) mass is 473 g/mol. The minimum absolute atomic E-state index is 0. The van der Waals surface area contributed by atoms with Gasteiger partial charge in [-0.2, -0.15) is 0 Å². The van der Waals surface area contributed by atoms with E-state index >= 15 is 0 Å². The van der Waals surface area contributed by atoms with Crippen LogP contribution >= 0.6 is 24.0 Å². The van der Waals surface area contributed by atoms with E-state index in [0.29, 0.717) is 11.5 Å². The van der Waals surface area contributed by atoms with Crippen LogP contribution in [0.5, 0.6) is 5.75 Å². The quantitative estimate of drug-likeness (QED) is 0.374. The molecule has 0 unspecified atom stereocenters. The third kappa shape index (κ3) is 6.01. The lowest BCUT2D eigenvalue weighted by molar-refractivity contribution is 0.129. The van der Waals surface area contributed by atoms with Gasteiger partial charge < -0.3 is 19.7 Å². The maximum absolute atomic E-state index is 6.08. The molecular formula is C20H32IN3O2. The fourth-order valence-electron chi connectivity index (χ4n) is 3.49. The average Bonchev–Trinajstić information content (AvgIpc) is 3.43. The second-order valence-electron chi connectivity index (χ2n) is 7.26. The normalized spacial score (nSPS) is 19.6. The zero-order chi connectivity index (χ0) is 17.5. The molecule has 6 heteroatoms. The first-order chi connectivity index (χ1) is 12.2. The summed E-state index contributed by atoms with van der Waals surface area (Å²) >= 11 is 0. The first kappa shape index (κ1) is 21.3. The van der Waals surface area contributed by atoms with Gasteiger partial charge in [0.25, 0.3) is 0 Å². The number of nitrogens with zero attached hydrogens (tertiary/aromatic N) is 2. The van der Waals surface area contributed by atoms with Crippen molar-refractivity contribution in [3.8, 4) is 5.75 Å². The molecule has 3 rings (SSSR count). The number of aliphatic imine (C=N–C) groups is 1. The Morgan fingerprint density at radius 2 is 1.92 bits per heavy atom. The predicted octanol–water partition coefficient (Wildman–Crippen LogP) is 3.54. The molecule has 1 aromatic rings. The fraction of sp³-hybridized carbons (Fsp3) is 0.650. The SMILES string of the molecule is CN=C(NCC1(CCOC)CC1)N1CCC(Oc2ccccc2)CC1.I. The van der Waals surface area contributed by atoms with Crippen LogP contribution in [0, 0.1) is 5.41 Å². The Kier molecular flexibility index (Phi) is 8.47. The molecule has 0 atom stereocenters. The smallest absolute Gasteiger partial charge is 0.193 e. The number of methoxy groups -OCH3 is 1. The van der Waals surface area contributed by atoms with Gasteiger partial charge in [0.2, 0.25) is 0 Å². The highest BCUT2D eigenvalue weighted by Gasteiger charge is 2.42. The molecule has 5 nitrogen and oxygen atoms in total. The summed E-state index contributed by atoms with van der Waals surface area (Å²) in [5, 5.41) is 3.59. The van der Waals surface area contributed by atoms with Crippen molar-refractivity contribution in [3.63, 3.8) is 0 Å². The van der Waals surface area contributed by atoms with Crippen molar-refractivity contribution in [3.05, 3.63) is 30.3 Å². The molecule has 0 aromatic heterocycles. The van der Waals surface area contributed by atoms with Gasteiger partial charge in [-0.05, 0) is 36.8 Å². The van der Waals surface area contributed by atoms with Gasteiger partial charge in [-0.25, -0.2) is 0 Å². The lowest BCUT2D eigenvalue weighted by atomic mass is 10.0. The molecule has 1 aliphatic heterocycles. The van der Waals surface area contributed by atoms with E-state index < -0.39 is 0 Å². The summed E-state index contributed by atoms with van der Waals surface area (Å²) < 4.78 is 11.3. The molecule has 0 spiro atoms. The molecule has 1 saturated heterocycles. The van der Waals surface area contributed by atoms with Crippen LogP contribution in [0.3, 0.4) is 0 Å². The molecule has 146 valence electrons. The fourth-order valence-corrected chi connectivity index (χ4v) is 3.49. The van der Waals surface area contributed by atoms with Crippen LogP contribution in [-0.2, 0) is 4.74 Å². The average molecular weight is 473 g/mol. The van der Waals surface area contributed by atoms with Crippen LogP contribution in [0.15, 0.2) is 35.3 Å². The van der Waals surface area contributed by atoms with Gasteiger partial charge in [-0.1, -0.05) is 18.2 Å². The van der Waals surface area contributed by atoms with Crippen LogP contribution in [0.1, 0.15) is 32.1 Å². The Labute approximate surface area is 174 Å². The van der Waals surface area contributed by atoms with Gasteiger partial charge in [0.15, 0.2) is 5.96 Å². The zero-order valence-corrected chi connectivity index (χ0v) is 18.3. The van der Waals surface area contributed by atoms with E-state index in [0.717, 1.165) is 57.2 Å². The van der Waals surface area contributed by atoms with Crippen LogP contribution in [0.25, 0.3) is 0 Å². The van der Waals surface area contributed by atoms with E-state index in [2.05, 4.69) is 15.2 Å². The Balaban J connectivity index is 0.00000243. The van der Waals surface area contributed by atoms with Gasteiger partial charge in [-0.15, -0.1) is 24.0 Å². The maximum Gasteiger partial charge on any atom is 0.193 e. The van der Waals surface area contributed by atoms with E-state index in [9.17, 15) is 0 Å². The molecule has 1 heterocycles. The molecule has 1 aromatic carbocycles. The highest BCUT2D eigenvalue weighted by atomic mass is 127. The largest absolute Gasteiger partial charge is 0.490 e. The number of hydrogen-bond acceptors (Lipinski definition) is 3. The topological polar surface area (TPSA) is 46.1 Å². The van der Waals surface area contributed by atoms with Crippen molar-refractivity contribution in [1.82, 2.24) is 10.2 Å². The standard InChI is InChI=1S/C20H31N3O2.HI/c1-21-19(22-16-20(10-11-20)12-15-24-2)23-13-8-18(9-14-23)25-17-6-4-3-5-7-17;/h3-7,18H,8-16H2,1-2H3,(H,21,22);1H. The third-order valence-corrected chi connectivity index (χ3v) is 5.41. The van der Waals surface area contributed by atoms with Crippen molar-refractivity contribution < 1.29 is 9.47 Å². The number of hydrogen-bond donors (Lipinski definition) is 1. The van der Waals surface area contributed by atoms with Crippen molar-refractivity contribution >= 4 is 29.9 Å². The number of guanidine groups is 1. The summed E-state index contributed by atoms with van der Waals surface area (Å²) in [7, 11) is 3.66. The first-order valence-electron chi connectivity index (χ1n) is 9.41. The molecule has 0 bridgehead atoms. The number of rotatable bonds is 7. The number of ether oxygens (including phenoxy) is 2. The van der Waals surface area contributed by atoms with Crippen molar-refractivity contribution in [2.45, 2.75) is 38.2 Å². The molecule has 0 amide bonds. The highest BCUT2D eigenvalue weighted by Crippen LogP contribution is 2.48. The zero-order valence-electron chi connectivity index (χ0n) is 15.9. The van der Waals surface area contributed by atoms with Crippen LogP contribution in [0.2, 0.25) is 0 Å². The second-order valence-corrected chi connectivity index (χ2v) is 7.26. The van der Waals surface area contributed by atoms with Gasteiger partial charge in [0.1, 0.15) is 11.9 Å². The van der Waals surface area contributed by atoms with Crippen molar-refractivity contribution in [2.24, 2.45) is 10.4 Å². The number of benzene rings is 1. The van der Waals surface area contributed by atoms with Crippen molar-refractivity contribution in [1.29, 1.82) is 0 Å². The molecule has 26 heavy (non-hydrogen) atoms. The number of para-hydroxylation sites is 1. The molecule has 2 aliphatic rings. The minimum atomic E-state index is 0. The highest BCUT2D eigenvalue weighted by molar-refractivity contribution is 14.0.